The zero-order valence-corrected chi connectivity index (χ0v) is 14.3. The Morgan fingerprint density at radius 2 is 1.88 bits per heavy atom. The number of hydrogen-bond donors (Lipinski definition) is 0. The van der Waals surface area contributed by atoms with Crippen LogP contribution in [0.15, 0.2) is 54.7 Å². The molecule has 0 fully saturated rings. The Labute approximate surface area is 146 Å². The number of carbonyl (C=O) groups excluding carboxylic acids is 1. The van der Waals surface area contributed by atoms with Gasteiger partial charge in [0.2, 0.25) is 0 Å². The fraction of sp³-hybridized carbons (Fsp3) is 0.200. The predicted octanol–water partition coefficient (Wildman–Crippen LogP) is 5.09. The SMILES string of the molecule is CC(C)(C)OC(=O)n1ccc2cc(Oc3ccccc3C#N)ccc21. The average molecular weight is 334 g/mol. The van der Waals surface area contributed by atoms with E-state index in [1.807, 2.05) is 39.0 Å². The Morgan fingerprint density at radius 1 is 1.12 bits per heavy atom. The minimum Gasteiger partial charge on any atom is -0.456 e. The van der Waals surface area contributed by atoms with Crippen molar-refractivity contribution in [2.24, 2.45) is 0 Å². The van der Waals surface area contributed by atoms with Crippen LogP contribution in [-0.4, -0.2) is 16.3 Å². The second-order valence-electron chi connectivity index (χ2n) is 6.60. The van der Waals surface area contributed by atoms with Crippen LogP contribution >= 0.6 is 0 Å². The highest BCUT2D eigenvalue weighted by atomic mass is 16.6. The maximum atomic E-state index is 12.3. The number of aromatic nitrogens is 1. The molecule has 0 amide bonds. The summed E-state index contributed by atoms with van der Waals surface area (Å²) < 4.78 is 12.7. The van der Waals surface area contributed by atoms with E-state index in [0.29, 0.717) is 17.1 Å². The summed E-state index contributed by atoms with van der Waals surface area (Å²) in [6.45, 7) is 5.49. The number of rotatable bonds is 2. The lowest BCUT2D eigenvalue weighted by Crippen LogP contribution is -2.26. The third kappa shape index (κ3) is 3.64. The predicted molar refractivity (Wildman–Crippen MR) is 94.8 cm³/mol. The van der Waals surface area contributed by atoms with Gasteiger partial charge < -0.3 is 9.47 Å². The molecule has 0 spiro atoms. The highest BCUT2D eigenvalue weighted by Crippen LogP contribution is 2.28. The van der Waals surface area contributed by atoms with Crippen LogP contribution < -0.4 is 4.74 Å². The van der Waals surface area contributed by atoms with Gasteiger partial charge >= 0.3 is 6.09 Å². The van der Waals surface area contributed by atoms with Gasteiger partial charge in [-0.1, -0.05) is 12.1 Å². The molecule has 3 rings (SSSR count). The van der Waals surface area contributed by atoms with E-state index in [9.17, 15) is 4.79 Å². The molecule has 0 aliphatic carbocycles. The van der Waals surface area contributed by atoms with Crippen molar-refractivity contribution in [2.75, 3.05) is 0 Å². The van der Waals surface area contributed by atoms with Crippen molar-refractivity contribution in [3.63, 3.8) is 0 Å². The summed E-state index contributed by atoms with van der Waals surface area (Å²) in [6.07, 6.45) is 1.25. The molecule has 1 heterocycles. The molecule has 5 nitrogen and oxygen atoms in total. The van der Waals surface area contributed by atoms with E-state index in [1.165, 1.54) is 4.57 Å². The lowest BCUT2D eigenvalue weighted by Gasteiger charge is -2.19. The Kier molecular flexibility index (Phi) is 4.20. The number of benzene rings is 2. The van der Waals surface area contributed by atoms with Crippen molar-refractivity contribution >= 4 is 17.0 Å². The number of nitrogens with zero attached hydrogens (tertiary/aromatic N) is 2. The summed E-state index contributed by atoms with van der Waals surface area (Å²) in [4.78, 5) is 12.3. The first-order chi connectivity index (χ1) is 11.9. The van der Waals surface area contributed by atoms with Gasteiger partial charge in [-0.15, -0.1) is 0 Å². The molecule has 0 saturated carbocycles. The molecular formula is C20H18N2O3. The van der Waals surface area contributed by atoms with Gasteiger partial charge in [-0.25, -0.2) is 4.79 Å². The van der Waals surface area contributed by atoms with E-state index in [4.69, 9.17) is 14.7 Å². The van der Waals surface area contributed by atoms with Crippen molar-refractivity contribution in [2.45, 2.75) is 26.4 Å². The molecule has 0 N–H and O–H groups in total. The van der Waals surface area contributed by atoms with Crippen LogP contribution in [0.1, 0.15) is 26.3 Å². The molecule has 3 aromatic rings. The Balaban J connectivity index is 1.90. The molecule has 25 heavy (non-hydrogen) atoms. The van der Waals surface area contributed by atoms with E-state index in [2.05, 4.69) is 6.07 Å². The highest BCUT2D eigenvalue weighted by molar-refractivity contribution is 5.90. The quantitative estimate of drug-likeness (QED) is 0.655. The Hall–Kier alpha value is -3.26. The van der Waals surface area contributed by atoms with E-state index in [1.54, 1.807) is 36.5 Å². The summed E-state index contributed by atoms with van der Waals surface area (Å²) in [5, 5.41) is 9.99. The molecule has 1 aromatic heterocycles. The molecular weight excluding hydrogens is 316 g/mol. The molecule has 0 bridgehead atoms. The van der Waals surface area contributed by atoms with E-state index < -0.39 is 11.7 Å². The number of fused-ring (bicyclic) bond motifs is 1. The summed E-state index contributed by atoms with van der Waals surface area (Å²) in [6, 6.07) is 16.4. The molecule has 0 aliphatic heterocycles. The Bertz CT molecular complexity index is 975. The van der Waals surface area contributed by atoms with Crippen LogP contribution in [0, 0.1) is 11.3 Å². The van der Waals surface area contributed by atoms with E-state index >= 15 is 0 Å². The highest BCUT2D eigenvalue weighted by Gasteiger charge is 2.19. The van der Waals surface area contributed by atoms with Gasteiger partial charge in [0.15, 0.2) is 0 Å². The van der Waals surface area contributed by atoms with Crippen LogP contribution in [0.3, 0.4) is 0 Å². The summed E-state index contributed by atoms with van der Waals surface area (Å²) in [5.41, 5.74) is 0.640. The molecule has 0 atom stereocenters. The standard InChI is InChI=1S/C20H18N2O3/c1-20(2,3)25-19(23)22-11-10-14-12-16(8-9-17(14)22)24-18-7-5-4-6-15(18)13-21/h4-12H,1-3H3. The summed E-state index contributed by atoms with van der Waals surface area (Å²) in [5.74, 6) is 1.09. The second kappa shape index (κ2) is 6.33. The first kappa shape index (κ1) is 16.6. The van der Waals surface area contributed by atoms with Gasteiger partial charge in [0.05, 0.1) is 11.1 Å². The zero-order valence-electron chi connectivity index (χ0n) is 14.3. The van der Waals surface area contributed by atoms with Crippen LogP contribution in [0.5, 0.6) is 11.5 Å². The fourth-order valence-electron chi connectivity index (χ4n) is 2.43. The van der Waals surface area contributed by atoms with Gasteiger partial charge in [0.25, 0.3) is 0 Å². The third-order valence-electron chi connectivity index (χ3n) is 3.49. The van der Waals surface area contributed by atoms with Gasteiger partial charge in [-0.2, -0.15) is 5.26 Å². The third-order valence-corrected chi connectivity index (χ3v) is 3.49. The largest absolute Gasteiger partial charge is 0.456 e. The first-order valence-corrected chi connectivity index (χ1v) is 7.89. The minimum absolute atomic E-state index is 0.425. The van der Waals surface area contributed by atoms with Crippen LogP contribution in [0.4, 0.5) is 4.79 Å². The van der Waals surface area contributed by atoms with Gasteiger partial charge in [-0.05, 0) is 57.2 Å². The van der Waals surface area contributed by atoms with Crippen LogP contribution in [-0.2, 0) is 4.74 Å². The van der Waals surface area contributed by atoms with Gasteiger partial charge in [0, 0.05) is 11.6 Å². The minimum atomic E-state index is -0.558. The number of nitriles is 1. The van der Waals surface area contributed by atoms with Crippen molar-refractivity contribution in [1.29, 1.82) is 5.26 Å². The molecule has 126 valence electrons. The van der Waals surface area contributed by atoms with Crippen molar-refractivity contribution in [3.8, 4) is 17.6 Å². The summed E-state index contributed by atoms with van der Waals surface area (Å²) >= 11 is 0. The molecule has 0 saturated heterocycles. The van der Waals surface area contributed by atoms with Gasteiger partial charge in [0.1, 0.15) is 23.2 Å². The van der Waals surface area contributed by atoms with Crippen molar-refractivity contribution < 1.29 is 14.3 Å². The lowest BCUT2D eigenvalue weighted by molar-refractivity contribution is 0.0544. The monoisotopic (exact) mass is 334 g/mol. The van der Waals surface area contributed by atoms with Crippen molar-refractivity contribution in [1.82, 2.24) is 4.57 Å². The maximum absolute atomic E-state index is 12.3. The first-order valence-electron chi connectivity index (χ1n) is 7.89. The maximum Gasteiger partial charge on any atom is 0.418 e. The lowest BCUT2D eigenvalue weighted by atomic mass is 10.2. The number of carbonyl (C=O) groups is 1. The van der Waals surface area contributed by atoms with Crippen LogP contribution in [0.25, 0.3) is 10.9 Å². The van der Waals surface area contributed by atoms with E-state index in [0.717, 1.165) is 10.9 Å². The smallest absolute Gasteiger partial charge is 0.418 e. The van der Waals surface area contributed by atoms with Crippen LogP contribution in [0.2, 0.25) is 0 Å². The normalized spacial score (nSPS) is 11.1. The van der Waals surface area contributed by atoms with E-state index in [-0.39, 0.29) is 0 Å². The fourth-order valence-corrected chi connectivity index (χ4v) is 2.43. The van der Waals surface area contributed by atoms with Gasteiger partial charge in [-0.3, -0.25) is 4.57 Å². The molecule has 5 heteroatoms. The second-order valence-corrected chi connectivity index (χ2v) is 6.60. The Morgan fingerprint density at radius 3 is 2.60 bits per heavy atom. The molecule has 0 radical (unpaired) electrons. The zero-order chi connectivity index (χ0) is 18.0. The molecule has 0 aliphatic rings. The number of para-hydroxylation sites is 1. The van der Waals surface area contributed by atoms with Crippen molar-refractivity contribution in [3.05, 3.63) is 60.3 Å². The number of hydrogen-bond acceptors (Lipinski definition) is 4. The average Bonchev–Trinajstić information content (AvgIpc) is 2.97. The molecule has 0 unspecified atom stereocenters. The summed E-state index contributed by atoms with van der Waals surface area (Å²) in [7, 11) is 0. The topological polar surface area (TPSA) is 64.2 Å². The molecule has 2 aromatic carbocycles. The number of ether oxygens (including phenoxy) is 2.